The second kappa shape index (κ2) is 4.15. The molecule has 1 aliphatic rings. The molecule has 17 heavy (non-hydrogen) atoms. The third-order valence-corrected chi connectivity index (χ3v) is 3.17. The maximum Gasteiger partial charge on any atom is 0.222 e. The fourth-order valence-corrected chi connectivity index (χ4v) is 2.30. The summed E-state index contributed by atoms with van der Waals surface area (Å²) in [4.78, 5) is 8.68. The third-order valence-electron chi connectivity index (χ3n) is 2.74. The summed E-state index contributed by atoms with van der Waals surface area (Å²) in [5.41, 5.74) is 7.53. The van der Waals surface area contributed by atoms with Crippen LogP contribution in [0.2, 0.25) is 0 Å². The molecule has 90 valence electrons. The molecule has 1 aliphatic heterocycles. The average Bonchev–Trinajstić information content (AvgIpc) is 2.65. The van der Waals surface area contributed by atoms with Gasteiger partial charge in [0.15, 0.2) is 5.65 Å². The highest BCUT2D eigenvalue weighted by atomic mass is 79.9. The van der Waals surface area contributed by atoms with Gasteiger partial charge in [0, 0.05) is 10.7 Å². The maximum atomic E-state index is 5.95. The number of pyridine rings is 1. The van der Waals surface area contributed by atoms with E-state index in [9.17, 15) is 0 Å². The lowest BCUT2D eigenvalue weighted by atomic mass is 10.4. The predicted octanol–water partition coefficient (Wildman–Crippen LogP) is 0.744. The normalized spacial score (nSPS) is 16.6. The molecule has 0 aromatic carbocycles. The van der Waals surface area contributed by atoms with E-state index in [4.69, 9.17) is 10.5 Å². The Morgan fingerprint density at radius 2 is 2.12 bits per heavy atom. The van der Waals surface area contributed by atoms with E-state index in [-0.39, 0.29) is 0 Å². The largest absolute Gasteiger partial charge is 0.378 e. The first-order valence-electron chi connectivity index (χ1n) is 5.38. The first-order valence-corrected chi connectivity index (χ1v) is 6.17. The zero-order valence-corrected chi connectivity index (χ0v) is 10.7. The van der Waals surface area contributed by atoms with Crippen LogP contribution in [0.3, 0.4) is 0 Å². The van der Waals surface area contributed by atoms with E-state index in [1.165, 1.54) is 0 Å². The Balaban J connectivity index is 2.11. The van der Waals surface area contributed by atoms with Crippen molar-refractivity contribution in [2.24, 2.45) is 0 Å². The van der Waals surface area contributed by atoms with E-state index in [1.54, 1.807) is 6.20 Å². The lowest BCUT2D eigenvalue weighted by Crippen LogP contribution is -2.44. The van der Waals surface area contributed by atoms with Crippen molar-refractivity contribution in [1.29, 1.82) is 0 Å². The van der Waals surface area contributed by atoms with Crippen LogP contribution >= 0.6 is 15.9 Å². The maximum absolute atomic E-state index is 5.95. The van der Waals surface area contributed by atoms with Gasteiger partial charge in [0.25, 0.3) is 0 Å². The molecule has 7 heteroatoms. The molecule has 0 radical (unpaired) electrons. The zero-order chi connectivity index (χ0) is 11.8. The van der Waals surface area contributed by atoms with E-state index in [0.717, 1.165) is 28.7 Å². The zero-order valence-electron chi connectivity index (χ0n) is 9.14. The topological polar surface area (TPSA) is 69.2 Å². The lowest BCUT2D eigenvalue weighted by molar-refractivity contribution is 0.112. The average molecular weight is 298 g/mol. The molecule has 0 unspecified atom stereocenters. The fraction of sp³-hybridized carbons (Fsp3) is 0.400. The summed E-state index contributed by atoms with van der Waals surface area (Å²) in [6, 6.07) is 1.91. The Labute approximate surface area is 106 Å². The highest BCUT2D eigenvalue weighted by Gasteiger charge is 2.18. The summed E-state index contributed by atoms with van der Waals surface area (Å²) in [5.74, 6) is 0.465. The molecule has 0 atom stereocenters. The molecule has 1 fully saturated rings. The van der Waals surface area contributed by atoms with Gasteiger partial charge < -0.3 is 15.5 Å². The molecule has 2 aromatic rings. The van der Waals surface area contributed by atoms with Crippen LogP contribution in [0.4, 0.5) is 5.95 Å². The SMILES string of the molecule is Nc1nc2cc(Br)cnc2n1N1CCOCC1. The summed E-state index contributed by atoms with van der Waals surface area (Å²) in [6.45, 7) is 3.01. The van der Waals surface area contributed by atoms with Gasteiger partial charge in [-0.15, -0.1) is 0 Å². The van der Waals surface area contributed by atoms with Crippen LogP contribution in [0.1, 0.15) is 0 Å². The number of hydrogen-bond donors (Lipinski definition) is 1. The number of nitrogens with zero attached hydrogens (tertiary/aromatic N) is 4. The molecule has 6 nitrogen and oxygen atoms in total. The minimum absolute atomic E-state index is 0.465. The number of aromatic nitrogens is 3. The van der Waals surface area contributed by atoms with Crippen LogP contribution in [-0.2, 0) is 4.74 Å². The number of ether oxygens (including phenoxy) is 1. The van der Waals surface area contributed by atoms with Crippen molar-refractivity contribution in [3.63, 3.8) is 0 Å². The van der Waals surface area contributed by atoms with Gasteiger partial charge in [-0.1, -0.05) is 0 Å². The summed E-state index contributed by atoms with van der Waals surface area (Å²) in [5, 5.41) is 2.11. The Morgan fingerprint density at radius 3 is 2.88 bits per heavy atom. The summed E-state index contributed by atoms with van der Waals surface area (Å²) in [6.07, 6.45) is 1.75. The van der Waals surface area contributed by atoms with Crippen LogP contribution in [0.15, 0.2) is 16.7 Å². The number of nitrogens with two attached hydrogens (primary N) is 1. The van der Waals surface area contributed by atoms with E-state index in [2.05, 4.69) is 30.9 Å². The highest BCUT2D eigenvalue weighted by Crippen LogP contribution is 2.20. The Kier molecular flexibility index (Phi) is 2.64. The lowest BCUT2D eigenvalue weighted by Gasteiger charge is -2.29. The minimum atomic E-state index is 0.465. The smallest absolute Gasteiger partial charge is 0.222 e. The van der Waals surface area contributed by atoms with Crippen molar-refractivity contribution >= 4 is 33.0 Å². The van der Waals surface area contributed by atoms with Crippen LogP contribution in [-0.4, -0.2) is 40.9 Å². The van der Waals surface area contributed by atoms with Crippen molar-refractivity contribution in [2.75, 3.05) is 37.0 Å². The molecule has 0 spiro atoms. The second-order valence-electron chi connectivity index (χ2n) is 3.84. The predicted molar refractivity (Wildman–Crippen MR) is 68.4 cm³/mol. The fourth-order valence-electron chi connectivity index (χ4n) is 1.98. The van der Waals surface area contributed by atoms with Gasteiger partial charge in [-0.2, -0.15) is 0 Å². The highest BCUT2D eigenvalue weighted by molar-refractivity contribution is 9.10. The van der Waals surface area contributed by atoms with Crippen LogP contribution in [0.25, 0.3) is 11.2 Å². The molecule has 2 N–H and O–H groups in total. The molecule has 0 amide bonds. The first kappa shape index (κ1) is 10.8. The Bertz CT molecular complexity index is 549. The minimum Gasteiger partial charge on any atom is -0.378 e. The monoisotopic (exact) mass is 297 g/mol. The molecule has 0 aliphatic carbocycles. The van der Waals surface area contributed by atoms with Crippen molar-refractivity contribution in [2.45, 2.75) is 0 Å². The van der Waals surface area contributed by atoms with Gasteiger partial charge in [-0.25, -0.2) is 14.6 Å². The number of fused-ring (bicyclic) bond motifs is 1. The molecule has 0 saturated carbocycles. The third kappa shape index (κ3) is 1.85. The van der Waals surface area contributed by atoms with Gasteiger partial charge in [-0.3, -0.25) is 0 Å². The molecule has 0 bridgehead atoms. The van der Waals surface area contributed by atoms with Crippen LogP contribution in [0.5, 0.6) is 0 Å². The molecule has 1 saturated heterocycles. The van der Waals surface area contributed by atoms with E-state index >= 15 is 0 Å². The number of morpholine rings is 1. The van der Waals surface area contributed by atoms with Crippen molar-refractivity contribution in [3.8, 4) is 0 Å². The van der Waals surface area contributed by atoms with Gasteiger partial charge in [0.2, 0.25) is 5.95 Å². The quantitative estimate of drug-likeness (QED) is 0.841. The second-order valence-corrected chi connectivity index (χ2v) is 4.76. The van der Waals surface area contributed by atoms with E-state index in [0.29, 0.717) is 19.2 Å². The number of rotatable bonds is 1. The van der Waals surface area contributed by atoms with Crippen molar-refractivity contribution < 1.29 is 4.74 Å². The van der Waals surface area contributed by atoms with Gasteiger partial charge in [0.05, 0.1) is 26.3 Å². The van der Waals surface area contributed by atoms with Gasteiger partial charge in [0.1, 0.15) is 5.52 Å². The number of anilines is 1. The Morgan fingerprint density at radius 1 is 1.35 bits per heavy atom. The summed E-state index contributed by atoms with van der Waals surface area (Å²) in [7, 11) is 0. The van der Waals surface area contributed by atoms with Gasteiger partial charge >= 0.3 is 0 Å². The molecular formula is C10H12BrN5O. The number of imidazole rings is 1. The standard InChI is InChI=1S/C10H12BrN5O/c11-7-5-8-9(13-6-7)16(10(12)14-8)15-1-3-17-4-2-15/h5-6H,1-4H2,(H2,12,14). The molecule has 3 rings (SSSR count). The Hall–Kier alpha value is -1.34. The number of hydrogen-bond acceptors (Lipinski definition) is 5. The van der Waals surface area contributed by atoms with Crippen LogP contribution < -0.4 is 10.7 Å². The number of nitrogen functional groups attached to an aromatic ring is 1. The summed E-state index contributed by atoms with van der Waals surface area (Å²) >= 11 is 3.38. The van der Waals surface area contributed by atoms with E-state index < -0.39 is 0 Å². The van der Waals surface area contributed by atoms with Crippen LogP contribution in [0, 0.1) is 0 Å². The molecular weight excluding hydrogens is 286 g/mol. The first-order chi connectivity index (χ1) is 8.25. The van der Waals surface area contributed by atoms with Crippen molar-refractivity contribution in [1.82, 2.24) is 14.6 Å². The molecule has 3 heterocycles. The summed E-state index contributed by atoms with van der Waals surface area (Å²) < 4.78 is 8.09. The van der Waals surface area contributed by atoms with E-state index in [1.807, 2.05) is 10.7 Å². The van der Waals surface area contributed by atoms with Gasteiger partial charge in [-0.05, 0) is 22.0 Å². The van der Waals surface area contributed by atoms with Crippen molar-refractivity contribution in [3.05, 3.63) is 16.7 Å². The number of halogens is 1. The molecule has 2 aromatic heterocycles.